The van der Waals surface area contributed by atoms with Crippen LogP contribution in [0.4, 0.5) is 0 Å². The van der Waals surface area contributed by atoms with Crippen LogP contribution in [0.5, 0.6) is 0 Å². The SMILES string of the molecule is CCC(C)(C)C(=O)NCC(O)c1ccccc1Cl. The molecule has 0 aliphatic heterocycles. The minimum Gasteiger partial charge on any atom is -0.387 e. The largest absolute Gasteiger partial charge is 0.387 e. The molecule has 0 heterocycles. The summed E-state index contributed by atoms with van der Waals surface area (Å²) in [4.78, 5) is 11.9. The fraction of sp³-hybridized carbons (Fsp3) is 0.500. The van der Waals surface area contributed by atoms with E-state index < -0.39 is 11.5 Å². The zero-order valence-corrected chi connectivity index (χ0v) is 11.8. The van der Waals surface area contributed by atoms with Crippen molar-refractivity contribution in [2.75, 3.05) is 6.54 Å². The van der Waals surface area contributed by atoms with Crippen molar-refractivity contribution in [3.05, 3.63) is 34.9 Å². The van der Waals surface area contributed by atoms with Gasteiger partial charge in [0, 0.05) is 22.5 Å². The fourth-order valence-corrected chi connectivity index (χ4v) is 1.71. The van der Waals surface area contributed by atoms with Gasteiger partial charge in [0.05, 0.1) is 6.10 Å². The number of amides is 1. The zero-order chi connectivity index (χ0) is 13.8. The van der Waals surface area contributed by atoms with Crippen LogP contribution in [0.1, 0.15) is 38.9 Å². The lowest BCUT2D eigenvalue weighted by Crippen LogP contribution is -2.38. The van der Waals surface area contributed by atoms with Crippen LogP contribution >= 0.6 is 11.6 Å². The van der Waals surface area contributed by atoms with Gasteiger partial charge in [-0.1, -0.05) is 50.6 Å². The smallest absolute Gasteiger partial charge is 0.225 e. The molecule has 0 fully saturated rings. The molecule has 1 aromatic rings. The van der Waals surface area contributed by atoms with E-state index in [1.165, 1.54) is 0 Å². The molecular weight excluding hydrogens is 250 g/mol. The predicted octanol–water partition coefficient (Wildman–Crippen LogP) is 2.93. The van der Waals surface area contributed by atoms with E-state index in [1.807, 2.05) is 26.8 Å². The molecule has 0 radical (unpaired) electrons. The summed E-state index contributed by atoms with van der Waals surface area (Å²) in [6.07, 6.45) is -0.0311. The third-order valence-corrected chi connectivity index (χ3v) is 3.56. The lowest BCUT2D eigenvalue weighted by molar-refractivity contribution is -0.130. The van der Waals surface area contributed by atoms with Crippen LogP contribution in [0.3, 0.4) is 0 Å². The van der Waals surface area contributed by atoms with Gasteiger partial charge in [-0.15, -0.1) is 0 Å². The van der Waals surface area contributed by atoms with Gasteiger partial charge in [0.25, 0.3) is 0 Å². The standard InChI is InChI=1S/C14H20ClNO2/c1-4-14(2,3)13(18)16-9-12(17)10-7-5-6-8-11(10)15/h5-8,12,17H,4,9H2,1-3H3,(H,16,18). The molecule has 1 amide bonds. The van der Waals surface area contributed by atoms with Crippen LogP contribution in [0, 0.1) is 5.41 Å². The number of nitrogens with one attached hydrogen (secondary N) is 1. The molecule has 4 heteroatoms. The summed E-state index contributed by atoms with van der Waals surface area (Å²) >= 11 is 5.98. The second kappa shape index (κ2) is 6.21. The molecule has 1 aromatic carbocycles. The van der Waals surface area contributed by atoms with Crippen molar-refractivity contribution in [3.8, 4) is 0 Å². The number of hydrogen-bond acceptors (Lipinski definition) is 2. The average Bonchev–Trinajstić information content (AvgIpc) is 2.36. The van der Waals surface area contributed by atoms with Crippen LogP contribution in [0.25, 0.3) is 0 Å². The van der Waals surface area contributed by atoms with Gasteiger partial charge in [0.2, 0.25) is 5.91 Å². The van der Waals surface area contributed by atoms with E-state index in [2.05, 4.69) is 5.32 Å². The predicted molar refractivity (Wildman–Crippen MR) is 73.5 cm³/mol. The number of carbonyl (C=O) groups is 1. The van der Waals surface area contributed by atoms with Gasteiger partial charge >= 0.3 is 0 Å². The van der Waals surface area contributed by atoms with Crippen molar-refractivity contribution in [2.24, 2.45) is 5.41 Å². The lowest BCUT2D eigenvalue weighted by atomic mass is 9.89. The number of hydrogen-bond donors (Lipinski definition) is 2. The van der Waals surface area contributed by atoms with Crippen molar-refractivity contribution in [2.45, 2.75) is 33.3 Å². The Hall–Kier alpha value is -1.06. The molecule has 0 saturated heterocycles. The van der Waals surface area contributed by atoms with E-state index in [0.717, 1.165) is 6.42 Å². The summed E-state index contributed by atoms with van der Waals surface area (Å²) in [7, 11) is 0. The maximum absolute atomic E-state index is 11.9. The Morgan fingerprint density at radius 2 is 2.06 bits per heavy atom. The minimum atomic E-state index is -0.782. The van der Waals surface area contributed by atoms with Crippen LogP contribution < -0.4 is 5.32 Å². The lowest BCUT2D eigenvalue weighted by Gasteiger charge is -2.23. The van der Waals surface area contributed by atoms with E-state index in [-0.39, 0.29) is 12.5 Å². The Bertz CT molecular complexity index is 418. The molecule has 100 valence electrons. The molecule has 1 unspecified atom stereocenters. The zero-order valence-electron chi connectivity index (χ0n) is 11.0. The second-order valence-corrected chi connectivity index (χ2v) is 5.39. The molecule has 0 spiro atoms. The molecular formula is C14H20ClNO2. The van der Waals surface area contributed by atoms with Gasteiger partial charge in [0.1, 0.15) is 0 Å². The molecule has 3 nitrogen and oxygen atoms in total. The average molecular weight is 270 g/mol. The topological polar surface area (TPSA) is 49.3 Å². The Labute approximate surface area is 113 Å². The molecule has 1 atom stereocenters. The second-order valence-electron chi connectivity index (χ2n) is 4.98. The first-order chi connectivity index (χ1) is 8.38. The van der Waals surface area contributed by atoms with Crippen molar-refractivity contribution < 1.29 is 9.90 Å². The maximum atomic E-state index is 11.9. The van der Waals surface area contributed by atoms with E-state index >= 15 is 0 Å². The van der Waals surface area contributed by atoms with Crippen LogP contribution in [0.15, 0.2) is 24.3 Å². The van der Waals surface area contributed by atoms with E-state index in [0.29, 0.717) is 10.6 Å². The summed E-state index contributed by atoms with van der Waals surface area (Å²) in [5.74, 6) is -0.0592. The summed E-state index contributed by atoms with van der Waals surface area (Å²) in [5.41, 5.74) is 0.217. The molecule has 0 aliphatic carbocycles. The highest BCUT2D eigenvalue weighted by Gasteiger charge is 2.25. The Kier molecular flexibility index (Phi) is 5.17. The van der Waals surface area contributed by atoms with Gasteiger partial charge in [-0.05, 0) is 12.5 Å². The highest BCUT2D eigenvalue weighted by molar-refractivity contribution is 6.31. The van der Waals surface area contributed by atoms with Gasteiger partial charge in [-0.2, -0.15) is 0 Å². The van der Waals surface area contributed by atoms with Crippen LogP contribution in [-0.2, 0) is 4.79 Å². The van der Waals surface area contributed by atoms with Crippen molar-refractivity contribution in [3.63, 3.8) is 0 Å². The van der Waals surface area contributed by atoms with Gasteiger partial charge in [-0.25, -0.2) is 0 Å². The molecule has 18 heavy (non-hydrogen) atoms. The minimum absolute atomic E-state index is 0.0592. The summed E-state index contributed by atoms with van der Waals surface area (Å²) in [6, 6.07) is 7.08. The van der Waals surface area contributed by atoms with Crippen LogP contribution in [-0.4, -0.2) is 17.6 Å². The van der Waals surface area contributed by atoms with Crippen LogP contribution in [0.2, 0.25) is 5.02 Å². The van der Waals surface area contributed by atoms with Crippen molar-refractivity contribution in [1.82, 2.24) is 5.32 Å². The first-order valence-electron chi connectivity index (χ1n) is 6.09. The third kappa shape index (κ3) is 3.72. The first kappa shape index (κ1) is 15.0. The number of benzene rings is 1. The quantitative estimate of drug-likeness (QED) is 0.863. The molecule has 2 N–H and O–H groups in total. The van der Waals surface area contributed by atoms with Gasteiger partial charge < -0.3 is 10.4 Å². The van der Waals surface area contributed by atoms with E-state index in [9.17, 15) is 9.90 Å². The van der Waals surface area contributed by atoms with Gasteiger partial charge in [-0.3, -0.25) is 4.79 Å². The van der Waals surface area contributed by atoms with E-state index in [1.54, 1.807) is 18.2 Å². The highest BCUT2D eigenvalue weighted by Crippen LogP contribution is 2.23. The Morgan fingerprint density at radius 3 is 2.61 bits per heavy atom. The number of aliphatic hydroxyl groups is 1. The first-order valence-corrected chi connectivity index (χ1v) is 6.47. The molecule has 0 saturated carbocycles. The molecule has 0 aromatic heterocycles. The number of aliphatic hydroxyl groups excluding tert-OH is 1. The Morgan fingerprint density at radius 1 is 1.44 bits per heavy atom. The highest BCUT2D eigenvalue weighted by atomic mass is 35.5. The summed E-state index contributed by atoms with van der Waals surface area (Å²) in [5, 5.41) is 13.2. The molecule has 0 aliphatic rings. The molecule has 0 bridgehead atoms. The fourth-order valence-electron chi connectivity index (χ4n) is 1.44. The van der Waals surface area contributed by atoms with Crippen molar-refractivity contribution >= 4 is 17.5 Å². The number of halogens is 1. The Balaban J connectivity index is 2.60. The maximum Gasteiger partial charge on any atom is 0.225 e. The van der Waals surface area contributed by atoms with Gasteiger partial charge in [0.15, 0.2) is 0 Å². The molecule has 1 rings (SSSR count). The number of carbonyl (C=O) groups excluding carboxylic acids is 1. The normalized spacial score (nSPS) is 13.2. The third-order valence-electron chi connectivity index (χ3n) is 3.22. The van der Waals surface area contributed by atoms with Crippen molar-refractivity contribution in [1.29, 1.82) is 0 Å². The summed E-state index contributed by atoms with van der Waals surface area (Å²) < 4.78 is 0. The number of rotatable bonds is 5. The monoisotopic (exact) mass is 269 g/mol. The van der Waals surface area contributed by atoms with E-state index in [4.69, 9.17) is 11.6 Å². The summed E-state index contributed by atoms with van der Waals surface area (Å²) in [6.45, 7) is 5.89.